The molecule has 1 atom stereocenters. The Balaban J connectivity index is 1.86. The van der Waals surface area contributed by atoms with Gasteiger partial charge in [-0.3, -0.25) is 4.79 Å². The van der Waals surface area contributed by atoms with E-state index in [4.69, 9.17) is 0 Å². The monoisotopic (exact) mass is 324 g/mol. The van der Waals surface area contributed by atoms with Gasteiger partial charge in [0.05, 0.1) is 5.92 Å². The standard InChI is InChI=1S/C17H32N4O2/c1-13(2)11-19-17(23)21-10-4-5-14(12-21)16(22)20(3)15-6-8-18-9-7-15/h13-15,18H,4-12H2,1-3H3,(H,19,23). The lowest BCUT2D eigenvalue weighted by Crippen LogP contribution is -2.52. The fourth-order valence-electron chi connectivity index (χ4n) is 3.43. The van der Waals surface area contributed by atoms with Crippen LogP contribution in [-0.4, -0.2) is 67.6 Å². The van der Waals surface area contributed by atoms with E-state index in [-0.39, 0.29) is 17.9 Å². The van der Waals surface area contributed by atoms with Crippen LogP contribution in [0.2, 0.25) is 0 Å². The summed E-state index contributed by atoms with van der Waals surface area (Å²) in [4.78, 5) is 28.7. The summed E-state index contributed by atoms with van der Waals surface area (Å²) in [5.41, 5.74) is 0. The Morgan fingerprint density at radius 3 is 2.61 bits per heavy atom. The van der Waals surface area contributed by atoms with E-state index in [1.54, 1.807) is 0 Å². The summed E-state index contributed by atoms with van der Waals surface area (Å²) < 4.78 is 0. The summed E-state index contributed by atoms with van der Waals surface area (Å²) in [6, 6.07) is 0.314. The van der Waals surface area contributed by atoms with Gasteiger partial charge in [0.25, 0.3) is 0 Å². The highest BCUT2D eigenvalue weighted by molar-refractivity contribution is 5.81. The molecule has 1 unspecified atom stereocenters. The molecule has 132 valence electrons. The van der Waals surface area contributed by atoms with Gasteiger partial charge in [-0.15, -0.1) is 0 Å². The van der Waals surface area contributed by atoms with Crippen molar-refractivity contribution in [2.24, 2.45) is 11.8 Å². The third-order valence-electron chi connectivity index (χ3n) is 4.92. The fraction of sp³-hybridized carbons (Fsp3) is 0.882. The molecule has 0 saturated carbocycles. The van der Waals surface area contributed by atoms with E-state index in [1.165, 1.54) is 0 Å². The molecule has 0 aliphatic carbocycles. The van der Waals surface area contributed by atoms with E-state index in [1.807, 2.05) is 16.8 Å². The molecule has 0 radical (unpaired) electrons. The lowest BCUT2D eigenvalue weighted by atomic mass is 9.95. The number of carbonyl (C=O) groups excluding carboxylic acids is 2. The summed E-state index contributed by atoms with van der Waals surface area (Å²) in [5, 5.41) is 6.29. The molecule has 0 bridgehead atoms. The number of hydrogen-bond acceptors (Lipinski definition) is 3. The average molecular weight is 324 g/mol. The van der Waals surface area contributed by atoms with Gasteiger partial charge in [-0.2, -0.15) is 0 Å². The fourth-order valence-corrected chi connectivity index (χ4v) is 3.43. The van der Waals surface area contributed by atoms with E-state index in [9.17, 15) is 9.59 Å². The van der Waals surface area contributed by atoms with Crippen LogP contribution < -0.4 is 10.6 Å². The zero-order valence-corrected chi connectivity index (χ0v) is 14.8. The largest absolute Gasteiger partial charge is 0.342 e. The highest BCUT2D eigenvalue weighted by Gasteiger charge is 2.32. The first-order valence-electron chi connectivity index (χ1n) is 8.99. The van der Waals surface area contributed by atoms with Crippen LogP contribution in [0.5, 0.6) is 0 Å². The maximum atomic E-state index is 12.8. The van der Waals surface area contributed by atoms with Gasteiger partial charge >= 0.3 is 6.03 Å². The van der Waals surface area contributed by atoms with Gasteiger partial charge in [0.15, 0.2) is 0 Å². The zero-order valence-electron chi connectivity index (χ0n) is 14.8. The Kier molecular flexibility index (Phi) is 6.69. The van der Waals surface area contributed by atoms with Gasteiger partial charge in [-0.1, -0.05) is 13.8 Å². The molecule has 2 N–H and O–H groups in total. The number of urea groups is 1. The molecule has 2 aliphatic rings. The summed E-state index contributed by atoms with van der Waals surface area (Å²) >= 11 is 0. The van der Waals surface area contributed by atoms with E-state index in [0.29, 0.717) is 25.0 Å². The number of hydrogen-bond donors (Lipinski definition) is 2. The van der Waals surface area contributed by atoms with Crippen LogP contribution >= 0.6 is 0 Å². The second-order valence-corrected chi connectivity index (χ2v) is 7.30. The number of rotatable bonds is 4. The Morgan fingerprint density at radius 2 is 1.96 bits per heavy atom. The molecule has 23 heavy (non-hydrogen) atoms. The molecule has 2 fully saturated rings. The first-order chi connectivity index (χ1) is 11.0. The minimum atomic E-state index is -0.0477. The van der Waals surface area contributed by atoms with Crippen molar-refractivity contribution in [1.82, 2.24) is 20.4 Å². The van der Waals surface area contributed by atoms with Gasteiger partial charge in [0, 0.05) is 32.7 Å². The van der Waals surface area contributed by atoms with Crippen molar-refractivity contribution in [3.63, 3.8) is 0 Å². The van der Waals surface area contributed by atoms with Crippen LogP contribution in [-0.2, 0) is 4.79 Å². The predicted octanol–water partition coefficient (Wildman–Crippen LogP) is 1.27. The molecule has 0 aromatic carbocycles. The van der Waals surface area contributed by atoms with Crippen molar-refractivity contribution in [1.29, 1.82) is 0 Å². The van der Waals surface area contributed by atoms with Crippen molar-refractivity contribution < 1.29 is 9.59 Å². The Labute approximate surface area is 140 Å². The highest BCUT2D eigenvalue weighted by atomic mass is 16.2. The van der Waals surface area contributed by atoms with Crippen LogP contribution in [0.4, 0.5) is 4.79 Å². The second kappa shape index (κ2) is 8.52. The molecule has 0 spiro atoms. The maximum absolute atomic E-state index is 12.8. The van der Waals surface area contributed by atoms with Crippen molar-refractivity contribution in [2.75, 3.05) is 39.8 Å². The highest BCUT2D eigenvalue weighted by Crippen LogP contribution is 2.21. The van der Waals surface area contributed by atoms with Crippen LogP contribution in [0, 0.1) is 11.8 Å². The minimum Gasteiger partial charge on any atom is -0.342 e. The van der Waals surface area contributed by atoms with Crippen molar-refractivity contribution in [3.8, 4) is 0 Å². The lowest BCUT2D eigenvalue weighted by molar-refractivity contribution is -0.138. The van der Waals surface area contributed by atoms with Crippen LogP contribution in [0.3, 0.4) is 0 Å². The molecule has 0 aromatic rings. The van der Waals surface area contributed by atoms with Gasteiger partial charge < -0.3 is 20.4 Å². The number of carbonyl (C=O) groups is 2. The number of piperidine rings is 2. The molecule has 2 aliphatic heterocycles. The number of nitrogens with zero attached hydrogens (tertiary/aromatic N) is 2. The predicted molar refractivity (Wildman–Crippen MR) is 91.2 cm³/mol. The summed E-state index contributed by atoms with van der Waals surface area (Å²) in [7, 11) is 1.93. The van der Waals surface area contributed by atoms with Crippen LogP contribution in [0.15, 0.2) is 0 Å². The molecular weight excluding hydrogens is 292 g/mol. The molecule has 6 heteroatoms. The number of likely N-dealkylation sites (tertiary alicyclic amines) is 1. The third-order valence-corrected chi connectivity index (χ3v) is 4.92. The second-order valence-electron chi connectivity index (χ2n) is 7.30. The van der Waals surface area contributed by atoms with Crippen LogP contribution in [0.25, 0.3) is 0 Å². The lowest BCUT2D eigenvalue weighted by Gasteiger charge is -2.37. The van der Waals surface area contributed by atoms with Gasteiger partial charge in [-0.05, 0) is 44.7 Å². The third kappa shape index (κ3) is 5.09. The molecule has 2 rings (SSSR count). The quantitative estimate of drug-likeness (QED) is 0.819. The Morgan fingerprint density at radius 1 is 1.26 bits per heavy atom. The molecule has 6 nitrogen and oxygen atoms in total. The van der Waals surface area contributed by atoms with Gasteiger partial charge in [0.1, 0.15) is 0 Å². The summed E-state index contributed by atoms with van der Waals surface area (Å²) in [6.45, 7) is 8.12. The summed E-state index contributed by atoms with van der Waals surface area (Å²) in [6.07, 6.45) is 3.84. The zero-order chi connectivity index (χ0) is 16.8. The summed E-state index contributed by atoms with van der Waals surface area (Å²) in [5.74, 6) is 0.596. The van der Waals surface area contributed by atoms with Crippen molar-refractivity contribution >= 4 is 11.9 Å². The molecule has 3 amide bonds. The van der Waals surface area contributed by atoms with Gasteiger partial charge in [-0.25, -0.2) is 4.79 Å². The number of nitrogens with one attached hydrogen (secondary N) is 2. The molecule has 2 heterocycles. The average Bonchev–Trinajstić information content (AvgIpc) is 2.59. The van der Waals surface area contributed by atoms with E-state index < -0.39 is 0 Å². The first-order valence-corrected chi connectivity index (χ1v) is 8.99. The Hall–Kier alpha value is -1.30. The van der Waals surface area contributed by atoms with Crippen molar-refractivity contribution in [2.45, 2.75) is 45.6 Å². The Bertz CT molecular complexity index is 407. The van der Waals surface area contributed by atoms with E-state index in [2.05, 4.69) is 24.5 Å². The normalized spacial score (nSPS) is 23.0. The smallest absolute Gasteiger partial charge is 0.317 e. The molecular formula is C17H32N4O2. The maximum Gasteiger partial charge on any atom is 0.317 e. The molecule has 0 aromatic heterocycles. The van der Waals surface area contributed by atoms with E-state index >= 15 is 0 Å². The van der Waals surface area contributed by atoms with Crippen molar-refractivity contribution in [3.05, 3.63) is 0 Å². The number of amides is 3. The first kappa shape index (κ1) is 18.0. The SMILES string of the molecule is CC(C)CNC(=O)N1CCCC(C(=O)N(C)C2CCNCC2)C1. The van der Waals surface area contributed by atoms with Gasteiger partial charge in [0.2, 0.25) is 5.91 Å². The molecule has 2 saturated heterocycles. The van der Waals surface area contributed by atoms with Crippen LogP contribution in [0.1, 0.15) is 39.5 Å². The minimum absolute atomic E-state index is 0.0271. The topological polar surface area (TPSA) is 64.7 Å². The van der Waals surface area contributed by atoms with E-state index in [0.717, 1.165) is 45.3 Å².